The van der Waals surface area contributed by atoms with Crippen LogP contribution in [0.2, 0.25) is 0 Å². The highest BCUT2D eigenvalue weighted by atomic mass is 16.6. The molecule has 0 aromatic heterocycles. The van der Waals surface area contributed by atoms with E-state index in [1.807, 2.05) is 0 Å². The molecule has 2 nitrogen and oxygen atoms in total. The highest BCUT2D eigenvalue weighted by molar-refractivity contribution is 4.81. The van der Waals surface area contributed by atoms with Crippen molar-refractivity contribution in [2.75, 3.05) is 6.61 Å². The molecular weight excluding hydrogens is 92.1 g/mol. The van der Waals surface area contributed by atoms with Crippen LogP contribution in [-0.4, -0.2) is 23.9 Å². The first-order valence-electron chi connectivity index (χ1n) is 2.64. The summed E-state index contributed by atoms with van der Waals surface area (Å²) in [5.74, 6) is 0. The molecule has 0 aromatic carbocycles. The lowest BCUT2D eigenvalue weighted by atomic mass is 10.3. The van der Waals surface area contributed by atoms with Crippen molar-refractivity contribution >= 4 is 0 Å². The molecule has 1 aliphatic rings. The molecule has 1 heterocycles. The minimum absolute atomic E-state index is 0.171. The van der Waals surface area contributed by atoms with Crippen LogP contribution < -0.4 is 0 Å². The van der Waals surface area contributed by atoms with Gasteiger partial charge in [-0.2, -0.15) is 0 Å². The van der Waals surface area contributed by atoms with Crippen LogP contribution >= 0.6 is 0 Å². The van der Waals surface area contributed by atoms with E-state index in [0.717, 1.165) is 6.42 Å². The van der Waals surface area contributed by atoms with Crippen LogP contribution in [0.1, 0.15) is 13.3 Å². The Balaban J connectivity index is 2.06. The quantitative estimate of drug-likeness (QED) is 0.503. The number of rotatable bonds is 2. The Bertz CT molecular complexity index is 55.1. The standard InChI is InChI=1S/C5H10O2/c1-2-4-5(3-6)7-4/h4-6H,2-3H2,1H3/t4-,5+/m1/s1. The maximum absolute atomic E-state index is 8.38. The van der Waals surface area contributed by atoms with Crippen LogP contribution in [-0.2, 0) is 4.74 Å². The van der Waals surface area contributed by atoms with E-state index in [0.29, 0.717) is 6.10 Å². The maximum Gasteiger partial charge on any atom is 0.107 e. The van der Waals surface area contributed by atoms with Gasteiger partial charge in [0.1, 0.15) is 6.10 Å². The lowest BCUT2D eigenvalue weighted by Crippen LogP contribution is -1.96. The third kappa shape index (κ3) is 0.924. The fraction of sp³-hybridized carbons (Fsp3) is 1.00. The van der Waals surface area contributed by atoms with Gasteiger partial charge in [-0.05, 0) is 6.42 Å². The van der Waals surface area contributed by atoms with E-state index in [1.54, 1.807) is 0 Å². The largest absolute Gasteiger partial charge is 0.394 e. The van der Waals surface area contributed by atoms with Gasteiger partial charge in [0.05, 0.1) is 12.7 Å². The number of aliphatic hydroxyl groups is 1. The second-order valence-electron chi connectivity index (χ2n) is 1.80. The van der Waals surface area contributed by atoms with Crippen molar-refractivity contribution in [3.63, 3.8) is 0 Å². The maximum atomic E-state index is 8.38. The zero-order valence-electron chi connectivity index (χ0n) is 4.42. The molecule has 2 heteroatoms. The predicted molar refractivity (Wildman–Crippen MR) is 26.0 cm³/mol. The number of ether oxygens (including phenoxy) is 1. The van der Waals surface area contributed by atoms with E-state index < -0.39 is 0 Å². The third-order valence-electron chi connectivity index (χ3n) is 1.27. The average Bonchev–Trinajstić information content (AvgIpc) is 2.43. The van der Waals surface area contributed by atoms with Crippen LogP contribution in [0.3, 0.4) is 0 Å². The molecule has 1 aliphatic heterocycles. The van der Waals surface area contributed by atoms with Crippen molar-refractivity contribution in [1.29, 1.82) is 0 Å². The van der Waals surface area contributed by atoms with Crippen LogP contribution in [0.15, 0.2) is 0 Å². The van der Waals surface area contributed by atoms with Gasteiger partial charge in [0.15, 0.2) is 0 Å². The molecule has 0 unspecified atom stereocenters. The van der Waals surface area contributed by atoms with Crippen molar-refractivity contribution in [1.82, 2.24) is 0 Å². The minimum Gasteiger partial charge on any atom is -0.394 e. The van der Waals surface area contributed by atoms with Gasteiger partial charge in [0.25, 0.3) is 0 Å². The van der Waals surface area contributed by atoms with E-state index >= 15 is 0 Å². The van der Waals surface area contributed by atoms with Gasteiger partial charge in [-0.25, -0.2) is 0 Å². The van der Waals surface area contributed by atoms with Gasteiger partial charge in [-0.3, -0.25) is 0 Å². The van der Waals surface area contributed by atoms with Crippen molar-refractivity contribution in [2.45, 2.75) is 25.6 Å². The summed E-state index contributed by atoms with van der Waals surface area (Å²) in [7, 11) is 0. The molecule has 7 heavy (non-hydrogen) atoms. The minimum atomic E-state index is 0.171. The summed E-state index contributed by atoms with van der Waals surface area (Å²) in [5.41, 5.74) is 0. The Morgan fingerprint density at radius 2 is 2.29 bits per heavy atom. The van der Waals surface area contributed by atoms with Crippen molar-refractivity contribution in [3.8, 4) is 0 Å². The summed E-state index contributed by atoms with van der Waals surface area (Å²) < 4.78 is 4.97. The molecule has 0 saturated carbocycles. The van der Waals surface area contributed by atoms with E-state index in [4.69, 9.17) is 9.84 Å². The second kappa shape index (κ2) is 1.80. The zero-order chi connectivity index (χ0) is 5.28. The first-order valence-corrected chi connectivity index (χ1v) is 2.64. The molecule has 0 bridgehead atoms. The van der Waals surface area contributed by atoms with Crippen LogP contribution in [0.4, 0.5) is 0 Å². The zero-order valence-corrected chi connectivity index (χ0v) is 4.42. The van der Waals surface area contributed by atoms with Crippen LogP contribution in [0.25, 0.3) is 0 Å². The molecule has 0 spiro atoms. The summed E-state index contributed by atoms with van der Waals surface area (Å²) in [6.07, 6.45) is 1.57. The van der Waals surface area contributed by atoms with E-state index in [9.17, 15) is 0 Å². The predicted octanol–water partition coefficient (Wildman–Crippen LogP) is 0.156. The monoisotopic (exact) mass is 102 g/mol. The molecular formula is C5H10O2. The molecule has 2 atom stereocenters. The summed E-state index contributed by atoms with van der Waals surface area (Å²) in [6.45, 7) is 2.25. The molecule has 1 rings (SSSR count). The van der Waals surface area contributed by atoms with E-state index in [1.165, 1.54) is 0 Å². The second-order valence-corrected chi connectivity index (χ2v) is 1.80. The Morgan fingerprint density at radius 3 is 2.43 bits per heavy atom. The third-order valence-corrected chi connectivity index (χ3v) is 1.27. The van der Waals surface area contributed by atoms with Crippen molar-refractivity contribution < 1.29 is 9.84 Å². The van der Waals surface area contributed by atoms with Gasteiger partial charge in [-0.15, -0.1) is 0 Å². The van der Waals surface area contributed by atoms with Gasteiger partial charge in [-0.1, -0.05) is 6.92 Å². The summed E-state index contributed by atoms with van der Waals surface area (Å²) >= 11 is 0. The molecule has 0 aromatic rings. The Labute approximate surface area is 43.1 Å². The Hall–Kier alpha value is -0.0800. The van der Waals surface area contributed by atoms with Crippen LogP contribution in [0, 0.1) is 0 Å². The molecule has 1 N–H and O–H groups in total. The topological polar surface area (TPSA) is 32.8 Å². The van der Waals surface area contributed by atoms with Crippen LogP contribution in [0.5, 0.6) is 0 Å². The summed E-state index contributed by atoms with van der Waals surface area (Å²) in [4.78, 5) is 0. The Kier molecular flexibility index (Phi) is 1.30. The molecule has 0 amide bonds. The van der Waals surface area contributed by atoms with Gasteiger partial charge in [0.2, 0.25) is 0 Å². The smallest absolute Gasteiger partial charge is 0.107 e. The molecule has 0 aliphatic carbocycles. The van der Waals surface area contributed by atoms with Crippen molar-refractivity contribution in [3.05, 3.63) is 0 Å². The highest BCUT2D eigenvalue weighted by Gasteiger charge is 2.35. The number of hydrogen-bond acceptors (Lipinski definition) is 2. The lowest BCUT2D eigenvalue weighted by Gasteiger charge is -1.78. The fourth-order valence-electron chi connectivity index (χ4n) is 0.699. The number of hydrogen-bond donors (Lipinski definition) is 1. The van der Waals surface area contributed by atoms with E-state index in [2.05, 4.69) is 6.92 Å². The first-order chi connectivity index (χ1) is 3.38. The fourth-order valence-corrected chi connectivity index (χ4v) is 0.699. The normalized spacial score (nSPS) is 38.6. The lowest BCUT2D eigenvalue weighted by molar-refractivity contribution is 0.242. The van der Waals surface area contributed by atoms with E-state index in [-0.39, 0.29) is 12.7 Å². The number of aliphatic hydroxyl groups excluding tert-OH is 1. The average molecular weight is 102 g/mol. The summed E-state index contributed by atoms with van der Waals surface area (Å²) in [5, 5.41) is 8.38. The van der Waals surface area contributed by atoms with Gasteiger partial charge in [0, 0.05) is 0 Å². The summed E-state index contributed by atoms with van der Waals surface area (Å²) in [6, 6.07) is 0. The molecule has 0 radical (unpaired) electrons. The molecule has 1 saturated heterocycles. The van der Waals surface area contributed by atoms with Gasteiger partial charge >= 0.3 is 0 Å². The molecule has 42 valence electrons. The molecule has 1 fully saturated rings. The van der Waals surface area contributed by atoms with Crippen molar-refractivity contribution in [2.24, 2.45) is 0 Å². The highest BCUT2D eigenvalue weighted by Crippen LogP contribution is 2.23. The Morgan fingerprint density at radius 1 is 1.57 bits per heavy atom. The van der Waals surface area contributed by atoms with Gasteiger partial charge < -0.3 is 9.84 Å². The first kappa shape index (κ1) is 5.06. The SMILES string of the molecule is CC[C@H]1O[C@H]1CO. The number of epoxide rings is 1.